The largest absolute Gasteiger partial charge is 0.482 e. The lowest BCUT2D eigenvalue weighted by Gasteiger charge is -2.23. The topological polar surface area (TPSA) is 53.6 Å². The number of halogens is 4. The zero-order chi connectivity index (χ0) is 21.7. The highest BCUT2D eigenvalue weighted by atomic mass is 35.5. The summed E-state index contributed by atoms with van der Waals surface area (Å²) in [6.45, 7) is 1.13. The highest BCUT2D eigenvalue weighted by Gasteiger charge is 2.32. The predicted octanol–water partition coefficient (Wildman–Crippen LogP) is 4.85. The van der Waals surface area contributed by atoms with Gasteiger partial charge in [-0.05, 0) is 55.4 Å². The lowest BCUT2D eigenvalue weighted by atomic mass is 10.1. The SMILES string of the molecule is O=C(COc1ccccc1Cl)NC(=S)Nc1cc(C(F)(F)F)ccc1N1CCCC1. The van der Waals surface area contributed by atoms with Crippen molar-refractivity contribution in [1.82, 2.24) is 5.32 Å². The van der Waals surface area contributed by atoms with Crippen LogP contribution in [0.5, 0.6) is 5.75 Å². The first-order valence-electron chi connectivity index (χ1n) is 9.18. The number of rotatable bonds is 5. The van der Waals surface area contributed by atoms with Gasteiger partial charge in [-0.15, -0.1) is 0 Å². The van der Waals surface area contributed by atoms with Gasteiger partial charge in [0, 0.05) is 13.1 Å². The zero-order valence-electron chi connectivity index (χ0n) is 15.8. The van der Waals surface area contributed by atoms with E-state index in [4.69, 9.17) is 28.6 Å². The molecule has 0 spiro atoms. The van der Waals surface area contributed by atoms with Crippen molar-refractivity contribution in [2.45, 2.75) is 19.0 Å². The van der Waals surface area contributed by atoms with Crippen molar-refractivity contribution in [3.05, 3.63) is 53.1 Å². The third kappa shape index (κ3) is 5.76. The fourth-order valence-corrected chi connectivity index (χ4v) is 3.48. The summed E-state index contributed by atoms with van der Waals surface area (Å²) in [4.78, 5) is 14.1. The van der Waals surface area contributed by atoms with Gasteiger partial charge in [-0.3, -0.25) is 10.1 Å². The van der Waals surface area contributed by atoms with Crippen LogP contribution in [-0.2, 0) is 11.0 Å². The van der Waals surface area contributed by atoms with Crippen molar-refractivity contribution in [2.75, 3.05) is 29.9 Å². The Morgan fingerprint density at radius 1 is 1.17 bits per heavy atom. The maximum absolute atomic E-state index is 13.1. The number of anilines is 2. The first-order valence-corrected chi connectivity index (χ1v) is 9.97. The Balaban J connectivity index is 1.67. The lowest BCUT2D eigenvalue weighted by Crippen LogP contribution is -2.37. The first kappa shape index (κ1) is 22.2. The monoisotopic (exact) mass is 457 g/mol. The average Bonchev–Trinajstić information content (AvgIpc) is 3.21. The van der Waals surface area contributed by atoms with E-state index < -0.39 is 17.6 Å². The number of carbonyl (C=O) groups is 1. The maximum Gasteiger partial charge on any atom is 0.416 e. The Labute approximate surface area is 182 Å². The highest BCUT2D eigenvalue weighted by Crippen LogP contribution is 2.36. The number of thiocarbonyl (C=S) groups is 1. The van der Waals surface area contributed by atoms with Crippen molar-refractivity contribution < 1.29 is 22.7 Å². The second kappa shape index (κ2) is 9.53. The van der Waals surface area contributed by atoms with E-state index in [1.54, 1.807) is 24.3 Å². The van der Waals surface area contributed by atoms with Crippen molar-refractivity contribution in [3.63, 3.8) is 0 Å². The summed E-state index contributed by atoms with van der Waals surface area (Å²) in [5.74, 6) is -0.232. The Hall–Kier alpha value is -2.52. The molecule has 160 valence electrons. The predicted molar refractivity (Wildman–Crippen MR) is 114 cm³/mol. The number of nitrogens with zero attached hydrogens (tertiary/aromatic N) is 1. The maximum atomic E-state index is 13.1. The molecule has 0 bridgehead atoms. The molecule has 3 rings (SSSR count). The number of benzene rings is 2. The molecule has 0 unspecified atom stereocenters. The number of hydrogen-bond donors (Lipinski definition) is 2. The summed E-state index contributed by atoms with van der Waals surface area (Å²) in [6, 6.07) is 10.1. The molecule has 0 aliphatic carbocycles. The van der Waals surface area contributed by atoms with Gasteiger partial charge in [0.15, 0.2) is 11.7 Å². The molecule has 0 radical (unpaired) electrons. The molecule has 1 aliphatic heterocycles. The van der Waals surface area contributed by atoms with E-state index in [1.165, 1.54) is 6.07 Å². The molecule has 2 aromatic carbocycles. The third-order valence-corrected chi connectivity index (χ3v) is 4.98. The van der Waals surface area contributed by atoms with Gasteiger partial charge in [0.2, 0.25) is 0 Å². The van der Waals surface area contributed by atoms with Crippen LogP contribution in [0.1, 0.15) is 18.4 Å². The van der Waals surface area contributed by atoms with Crippen LogP contribution in [0, 0.1) is 0 Å². The molecule has 1 heterocycles. The molecule has 1 aliphatic rings. The number of hydrogen-bond acceptors (Lipinski definition) is 4. The first-order chi connectivity index (χ1) is 14.2. The summed E-state index contributed by atoms with van der Waals surface area (Å²) < 4.78 is 44.8. The molecule has 1 amide bonds. The molecule has 10 heteroatoms. The van der Waals surface area contributed by atoms with Gasteiger partial charge in [0.05, 0.1) is 22.0 Å². The summed E-state index contributed by atoms with van der Waals surface area (Å²) in [5.41, 5.74) is -0.0161. The Morgan fingerprint density at radius 3 is 2.53 bits per heavy atom. The standard InChI is InChI=1S/C20H19ClF3N3O2S/c21-14-5-1-2-6-17(14)29-12-18(28)26-19(30)25-15-11-13(20(22,23)24)7-8-16(15)27-9-3-4-10-27/h1-2,5-8,11H,3-4,9-10,12H2,(H2,25,26,28,30). The smallest absolute Gasteiger partial charge is 0.416 e. The summed E-state index contributed by atoms with van der Waals surface area (Å²) in [6.07, 6.45) is -2.57. The number of carbonyl (C=O) groups excluding carboxylic acids is 1. The zero-order valence-corrected chi connectivity index (χ0v) is 17.3. The number of alkyl halides is 3. The van der Waals surface area contributed by atoms with E-state index in [9.17, 15) is 18.0 Å². The van der Waals surface area contributed by atoms with E-state index in [0.717, 1.165) is 38.1 Å². The summed E-state index contributed by atoms with van der Waals surface area (Å²) >= 11 is 11.1. The van der Waals surface area contributed by atoms with Crippen LogP contribution in [0.3, 0.4) is 0 Å². The normalized spacial score (nSPS) is 13.8. The fourth-order valence-electron chi connectivity index (χ4n) is 3.07. The number of amides is 1. The van der Waals surface area contributed by atoms with E-state index in [0.29, 0.717) is 16.5 Å². The minimum absolute atomic E-state index is 0.123. The Morgan fingerprint density at radius 2 is 1.87 bits per heavy atom. The molecule has 0 atom stereocenters. The fraction of sp³-hybridized carbons (Fsp3) is 0.300. The van der Waals surface area contributed by atoms with Gasteiger partial charge >= 0.3 is 6.18 Å². The minimum atomic E-state index is -4.49. The second-order valence-corrected chi connectivity index (χ2v) is 7.46. The van der Waals surface area contributed by atoms with Crippen LogP contribution in [0.2, 0.25) is 5.02 Å². The van der Waals surface area contributed by atoms with Crippen LogP contribution >= 0.6 is 23.8 Å². The molecule has 1 fully saturated rings. The van der Waals surface area contributed by atoms with Gasteiger partial charge in [0.25, 0.3) is 5.91 Å². The second-order valence-electron chi connectivity index (χ2n) is 6.65. The Bertz CT molecular complexity index is 934. The minimum Gasteiger partial charge on any atom is -0.482 e. The third-order valence-electron chi connectivity index (χ3n) is 4.47. The van der Waals surface area contributed by atoms with Crippen molar-refractivity contribution in [2.24, 2.45) is 0 Å². The van der Waals surface area contributed by atoms with E-state index in [1.807, 2.05) is 4.90 Å². The highest BCUT2D eigenvalue weighted by molar-refractivity contribution is 7.80. The molecule has 1 saturated heterocycles. The van der Waals surface area contributed by atoms with Crippen LogP contribution in [0.4, 0.5) is 24.5 Å². The molecule has 5 nitrogen and oxygen atoms in total. The van der Waals surface area contributed by atoms with Gasteiger partial charge in [-0.1, -0.05) is 23.7 Å². The molecule has 2 N–H and O–H groups in total. The average molecular weight is 458 g/mol. The number of para-hydroxylation sites is 1. The lowest BCUT2D eigenvalue weighted by molar-refractivity contribution is -0.137. The van der Waals surface area contributed by atoms with Crippen LogP contribution in [0.15, 0.2) is 42.5 Å². The van der Waals surface area contributed by atoms with Gasteiger partial charge < -0.3 is 15.0 Å². The molecular weight excluding hydrogens is 439 g/mol. The molecule has 30 heavy (non-hydrogen) atoms. The van der Waals surface area contributed by atoms with Gasteiger partial charge in [-0.2, -0.15) is 13.2 Å². The molecule has 0 saturated carbocycles. The molecule has 0 aromatic heterocycles. The van der Waals surface area contributed by atoms with Crippen LogP contribution in [0.25, 0.3) is 0 Å². The van der Waals surface area contributed by atoms with Crippen molar-refractivity contribution in [1.29, 1.82) is 0 Å². The van der Waals surface area contributed by atoms with Crippen molar-refractivity contribution >= 4 is 46.2 Å². The molecule has 2 aromatic rings. The van der Waals surface area contributed by atoms with E-state index >= 15 is 0 Å². The quantitative estimate of drug-likeness (QED) is 0.628. The summed E-state index contributed by atoms with van der Waals surface area (Å²) in [7, 11) is 0. The summed E-state index contributed by atoms with van der Waals surface area (Å²) in [5, 5.41) is 5.35. The van der Waals surface area contributed by atoms with Crippen molar-refractivity contribution in [3.8, 4) is 5.75 Å². The molecular formula is C20H19ClF3N3O2S. The van der Waals surface area contributed by atoms with E-state index in [-0.39, 0.29) is 17.4 Å². The number of nitrogens with one attached hydrogen (secondary N) is 2. The van der Waals surface area contributed by atoms with Crippen LogP contribution in [-0.4, -0.2) is 30.7 Å². The Kier molecular flexibility index (Phi) is 7.04. The van der Waals surface area contributed by atoms with Crippen LogP contribution < -0.4 is 20.3 Å². The van der Waals surface area contributed by atoms with Gasteiger partial charge in [0.1, 0.15) is 5.75 Å². The van der Waals surface area contributed by atoms with E-state index in [2.05, 4.69) is 10.6 Å². The van der Waals surface area contributed by atoms with Gasteiger partial charge in [-0.25, -0.2) is 0 Å². The number of ether oxygens (including phenoxy) is 1.